The summed E-state index contributed by atoms with van der Waals surface area (Å²) in [6.45, 7) is 0. The highest BCUT2D eigenvalue weighted by molar-refractivity contribution is 7.20. The summed E-state index contributed by atoms with van der Waals surface area (Å²) in [6.07, 6.45) is -3.76. The van der Waals surface area contributed by atoms with Gasteiger partial charge in [-0.1, -0.05) is 12.1 Å². The third kappa shape index (κ3) is 7.19. The number of benzene rings is 5. The molecular weight excluding hydrogens is 885 g/mol. The number of halogens is 20. The van der Waals surface area contributed by atoms with Crippen LogP contribution in [0.15, 0.2) is 54.9 Å². The molecule has 1 heterocycles. The smallest absolute Gasteiger partial charge is 0.335 e. The second kappa shape index (κ2) is 16.7. The summed E-state index contributed by atoms with van der Waals surface area (Å²) in [5.74, 6) is -71.9. The fraction of sp³-hybridized carbons (Fsp3) is 0. The molecule has 0 aliphatic rings. The molecule has 0 unspecified atom stereocenters. The lowest BCUT2D eigenvalue weighted by atomic mass is 9.12. The van der Waals surface area contributed by atoms with Crippen molar-refractivity contribution >= 4 is 34.0 Å². The number of aromatic nitrogens is 1. The number of nitrogens with zero attached hydrogens (tertiary/aromatic N) is 1. The number of carboxylic acid groups (broad SMARTS) is 1. The Morgan fingerprint density at radius 3 is 0.918 bits per heavy atom. The highest BCUT2D eigenvalue weighted by Crippen LogP contribution is 2.30. The first-order valence-electron chi connectivity index (χ1n) is 15.7. The van der Waals surface area contributed by atoms with E-state index in [1.165, 1.54) is 16.9 Å². The largest absolute Gasteiger partial charge is 0.478 e. The summed E-state index contributed by atoms with van der Waals surface area (Å²) in [6, 6.07) is 11.8. The molecule has 320 valence electrons. The van der Waals surface area contributed by atoms with Gasteiger partial charge in [0.25, 0.3) is 0 Å². The first-order valence-corrected chi connectivity index (χ1v) is 15.7. The molecule has 0 saturated heterocycles. The molecule has 0 fully saturated rings. The second-order valence-electron chi connectivity index (χ2n) is 12.0. The van der Waals surface area contributed by atoms with E-state index >= 15 is 35.1 Å². The van der Waals surface area contributed by atoms with Crippen LogP contribution in [0.5, 0.6) is 5.75 Å². The van der Waals surface area contributed by atoms with Gasteiger partial charge in [-0.05, 0) is 12.1 Å². The molecule has 1 N–H and O–H groups in total. The van der Waals surface area contributed by atoms with Crippen LogP contribution in [-0.4, -0.2) is 17.2 Å². The van der Waals surface area contributed by atoms with E-state index in [-0.39, 0.29) is 5.56 Å². The second-order valence-corrected chi connectivity index (χ2v) is 12.0. The van der Waals surface area contributed by atoms with Crippen LogP contribution in [0.3, 0.4) is 0 Å². The zero-order valence-electron chi connectivity index (χ0n) is 28.5. The van der Waals surface area contributed by atoms with Crippen molar-refractivity contribution in [2.45, 2.75) is 0 Å². The molecule has 0 amide bonds. The van der Waals surface area contributed by atoms with Gasteiger partial charge in [0, 0.05) is 22.9 Å². The molecule has 6 rings (SSSR count). The van der Waals surface area contributed by atoms with E-state index in [0.29, 0.717) is 5.75 Å². The number of hydrogen-bond donors (Lipinski definition) is 1. The number of carbonyl (C=O) groups is 1. The maximum Gasteiger partial charge on any atom is 0.335 e. The van der Waals surface area contributed by atoms with Crippen LogP contribution in [-0.2, 0) is 0 Å². The lowest BCUT2D eigenvalue weighted by Gasteiger charge is -2.44. The molecule has 0 saturated carbocycles. The molecule has 0 aliphatic heterocycles. The molecule has 0 aliphatic carbocycles. The maximum absolute atomic E-state index is 15.4. The zero-order valence-corrected chi connectivity index (χ0v) is 28.5. The predicted octanol–water partition coefficient (Wildman–Crippen LogP) is 7.36. The quantitative estimate of drug-likeness (QED) is 0.0600. The number of carboxylic acids is 1. The molecular formula is C36H10BF20NO3. The van der Waals surface area contributed by atoms with Crippen LogP contribution < -0.4 is 31.4 Å². The fourth-order valence-corrected chi connectivity index (χ4v) is 6.13. The minimum atomic E-state index is -7.22. The molecule has 0 atom stereocenters. The van der Waals surface area contributed by atoms with Crippen molar-refractivity contribution in [3.8, 4) is 5.75 Å². The van der Waals surface area contributed by atoms with Crippen molar-refractivity contribution in [1.82, 2.24) is 0 Å². The van der Waals surface area contributed by atoms with Crippen LogP contribution in [0.25, 0.3) is 0 Å². The standard InChI is InChI=1S/C24BF20.C12H9NO3/c26-5-1(6(27)14(35)21(42)13(5)34)25(2-7(28)15(36)22(43)16(37)8(2)29,3-9(30)17(38)23(44)18(39)10(3)31)4-11(32)19(40)24(45)20(41)12(4)33;14-12(15)10-5-4-6-11(9-10)16-13-7-2-1-3-8-13/h;1-9H/q-1;/p+1. The Hall–Kier alpha value is -6.82. The van der Waals surface area contributed by atoms with Gasteiger partial charge in [-0.15, -0.1) is 21.9 Å². The van der Waals surface area contributed by atoms with Crippen LogP contribution in [0, 0.1) is 116 Å². The van der Waals surface area contributed by atoms with E-state index in [0.717, 1.165) is 0 Å². The van der Waals surface area contributed by atoms with Crippen LogP contribution in [0.2, 0.25) is 0 Å². The fourth-order valence-electron chi connectivity index (χ4n) is 6.13. The minimum absolute atomic E-state index is 0.203. The third-order valence-corrected chi connectivity index (χ3v) is 8.69. The lowest BCUT2D eigenvalue weighted by Crippen LogP contribution is -2.81. The average molecular weight is 895 g/mol. The number of pyridine rings is 1. The molecule has 61 heavy (non-hydrogen) atoms. The third-order valence-electron chi connectivity index (χ3n) is 8.69. The summed E-state index contributed by atoms with van der Waals surface area (Å²) in [7, 11) is 0. The summed E-state index contributed by atoms with van der Waals surface area (Å²) >= 11 is 0. The van der Waals surface area contributed by atoms with E-state index in [1.54, 1.807) is 24.5 Å². The van der Waals surface area contributed by atoms with Crippen molar-refractivity contribution in [2.75, 3.05) is 0 Å². The van der Waals surface area contributed by atoms with Gasteiger partial charge in [0.15, 0.2) is 69.8 Å². The van der Waals surface area contributed by atoms with Gasteiger partial charge < -0.3 is 5.11 Å². The van der Waals surface area contributed by atoms with Gasteiger partial charge in [0.2, 0.25) is 18.1 Å². The molecule has 0 spiro atoms. The van der Waals surface area contributed by atoms with Gasteiger partial charge in [-0.25, -0.2) is 97.4 Å². The molecule has 6 aromatic rings. The van der Waals surface area contributed by atoms with E-state index in [2.05, 4.69) is 0 Å². The summed E-state index contributed by atoms with van der Waals surface area (Å²) in [5.41, 5.74) is -14.1. The SMILES string of the molecule is Fc1c(F)c(F)c([B-](c2c(F)c(F)c(F)c(F)c2F)(c2c(F)c(F)c(F)c(F)c2F)c2c(F)c(F)c(F)c(F)c2F)c(F)c1F.O=C(O)c1cccc(O[n+]2ccccc2)c1. The van der Waals surface area contributed by atoms with Gasteiger partial charge in [-0.3, -0.25) is 0 Å². The first-order chi connectivity index (χ1) is 28.5. The van der Waals surface area contributed by atoms with Crippen molar-refractivity contribution in [3.05, 3.63) is 177 Å². The summed E-state index contributed by atoms with van der Waals surface area (Å²) in [5, 5.41) is 8.81. The predicted molar refractivity (Wildman–Crippen MR) is 165 cm³/mol. The molecule has 1 aromatic heterocycles. The zero-order chi connectivity index (χ0) is 45.7. The Morgan fingerprint density at radius 2 is 0.656 bits per heavy atom. The molecule has 4 nitrogen and oxygen atoms in total. The maximum atomic E-state index is 15.4. The van der Waals surface area contributed by atoms with E-state index in [4.69, 9.17) is 9.94 Å². The van der Waals surface area contributed by atoms with Gasteiger partial charge >= 0.3 is 5.97 Å². The van der Waals surface area contributed by atoms with E-state index in [1.807, 2.05) is 18.2 Å². The topological polar surface area (TPSA) is 50.4 Å². The normalized spacial score (nSPS) is 11.4. The summed E-state index contributed by atoms with van der Waals surface area (Å²) in [4.78, 5) is 16.2. The highest BCUT2D eigenvalue weighted by Gasteiger charge is 2.52. The van der Waals surface area contributed by atoms with Crippen molar-refractivity contribution in [1.29, 1.82) is 0 Å². The van der Waals surface area contributed by atoms with Crippen LogP contribution in [0.4, 0.5) is 87.8 Å². The van der Waals surface area contributed by atoms with Gasteiger partial charge in [0.1, 0.15) is 52.7 Å². The van der Waals surface area contributed by atoms with Gasteiger partial charge in [-0.2, -0.15) is 0 Å². The molecule has 25 heteroatoms. The first kappa shape index (κ1) is 45.3. The Kier molecular flexibility index (Phi) is 12.4. The average Bonchev–Trinajstić information content (AvgIpc) is 3.24. The Bertz CT molecular complexity index is 2390. The molecule has 0 radical (unpaired) electrons. The lowest BCUT2D eigenvalue weighted by molar-refractivity contribution is -0.875. The summed E-state index contributed by atoms with van der Waals surface area (Å²) < 4.78 is 295. The van der Waals surface area contributed by atoms with E-state index < -0.39 is 150 Å². The number of hydrogen-bond acceptors (Lipinski definition) is 2. The minimum Gasteiger partial charge on any atom is -0.478 e. The monoisotopic (exact) mass is 895 g/mol. The van der Waals surface area contributed by atoms with E-state index in [9.17, 15) is 57.5 Å². The number of rotatable bonds is 7. The number of aromatic carboxylic acids is 1. The molecule has 5 aromatic carbocycles. The Labute approximate surface area is 324 Å². The van der Waals surface area contributed by atoms with Gasteiger partial charge in [0.05, 0.1) is 5.56 Å². The van der Waals surface area contributed by atoms with Crippen molar-refractivity contribution < 1.29 is 107 Å². The van der Waals surface area contributed by atoms with Crippen LogP contribution in [0.1, 0.15) is 10.4 Å². The highest BCUT2D eigenvalue weighted by atomic mass is 19.2. The molecule has 0 bridgehead atoms. The van der Waals surface area contributed by atoms with Crippen molar-refractivity contribution in [2.24, 2.45) is 0 Å². The van der Waals surface area contributed by atoms with Crippen molar-refractivity contribution in [3.63, 3.8) is 0 Å². The Balaban J connectivity index is 0.000000366. The van der Waals surface area contributed by atoms with Crippen LogP contribution >= 0.6 is 0 Å². The Morgan fingerprint density at radius 1 is 0.393 bits per heavy atom.